The van der Waals surface area contributed by atoms with Gasteiger partial charge in [0.2, 0.25) is 11.8 Å². The minimum atomic E-state index is -0.786. The van der Waals surface area contributed by atoms with Crippen molar-refractivity contribution in [1.82, 2.24) is 10.9 Å². The van der Waals surface area contributed by atoms with Gasteiger partial charge in [-0.05, 0) is 61.4 Å². The molecule has 0 radical (unpaired) electrons. The Hall–Kier alpha value is -4.01. The number of amides is 4. The number of imide groups is 1. The maximum atomic E-state index is 13.0. The van der Waals surface area contributed by atoms with Crippen LogP contribution >= 0.6 is 0 Å². The van der Waals surface area contributed by atoms with E-state index in [1.165, 1.54) is 17.0 Å². The van der Waals surface area contributed by atoms with Gasteiger partial charge in [-0.1, -0.05) is 24.3 Å². The van der Waals surface area contributed by atoms with Crippen LogP contribution in [0.4, 0.5) is 5.69 Å². The van der Waals surface area contributed by atoms with Gasteiger partial charge in [-0.2, -0.15) is 0 Å². The highest BCUT2D eigenvalue weighted by atomic mass is 16.5. The third-order valence-electron chi connectivity index (χ3n) is 6.95. The topological polar surface area (TPSA) is 122 Å². The third kappa shape index (κ3) is 3.83. The summed E-state index contributed by atoms with van der Waals surface area (Å²) in [6.45, 7) is -0.618. The molecular formula is C25H23N3O6. The Bertz CT molecular complexity index is 1150. The largest absolute Gasteiger partial charge is 0.452 e. The quantitative estimate of drug-likeness (QED) is 0.398. The predicted octanol–water partition coefficient (Wildman–Crippen LogP) is 1.84. The van der Waals surface area contributed by atoms with Crippen molar-refractivity contribution >= 4 is 35.3 Å². The number of carbonyl (C=O) groups excluding carboxylic acids is 5. The molecule has 174 valence electrons. The summed E-state index contributed by atoms with van der Waals surface area (Å²) in [6.07, 6.45) is 2.92. The van der Waals surface area contributed by atoms with E-state index in [1.54, 1.807) is 42.5 Å². The first-order valence-electron chi connectivity index (χ1n) is 11.2. The van der Waals surface area contributed by atoms with E-state index in [0.717, 1.165) is 19.3 Å². The summed E-state index contributed by atoms with van der Waals surface area (Å²) in [5.41, 5.74) is 5.22. The fraction of sp³-hybridized carbons (Fsp3) is 0.320. The Kier molecular flexibility index (Phi) is 5.61. The summed E-state index contributed by atoms with van der Waals surface area (Å²) in [5.74, 6) is -2.37. The number of nitrogens with one attached hydrogen (secondary N) is 2. The number of ether oxygens (including phenoxy) is 1. The molecule has 2 aromatic rings. The Morgan fingerprint density at radius 3 is 2.18 bits per heavy atom. The van der Waals surface area contributed by atoms with Gasteiger partial charge in [0.1, 0.15) is 0 Å². The highest BCUT2D eigenvalue weighted by molar-refractivity contribution is 6.22. The Labute approximate surface area is 195 Å². The number of hydrogen-bond acceptors (Lipinski definition) is 6. The molecule has 2 bridgehead atoms. The predicted molar refractivity (Wildman–Crippen MR) is 119 cm³/mol. The average molecular weight is 461 g/mol. The molecule has 1 saturated heterocycles. The molecule has 34 heavy (non-hydrogen) atoms. The number of rotatable bonds is 5. The van der Waals surface area contributed by atoms with Crippen molar-refractivity contribution < 1.29 is 28.7 Å². The van der Waals surface area contributed by atoms with Crippen molar-refractivity contribution in [3.05, 3.63) is 65.7 Å². The lowest BCUT2D eigenvalue weighted by atomic mass is 9.81. The van der Waals surface area contributed by atoms with E-state index in [4.69, 9.17) is 4.74 Å². The number of benzene rings is 2. The second kappa shape index (κ2) is 8.74. The molecule has 2 aromatic carbocycles. The molecule has 9 nitrogen and oxygen atoms in total. The molecule has 0 unspecified atom stereocenters. The molecule has 5 rings (SSSR count). The Balaban J connectivity index is 1.18. The van der Waals surface area contributed by atoms with Crippen molar-refractivity contribution in [2.75, 3.05) is 11.5 Å². The number of carbonyl (C=O) groups is 5. The summed E-state index contributed by atoms with van der Waals surface area (Å²) >= 11 is 0. The molecule has 1 aliphatic heterocycles. The van der Waals surface area contributed by atoms with Gasteiger partial charge >= 0.3 is 5.97 Å². The zero-order valence-corrected chi connectivity index (χ0v) is 18.2. The molecule has 0 aromatic heterocycles. The lowest BCUT2D eigenvalue weighted by Gasteiger charge is -2.19. The summed E-state index contributed by atoms with van der Waals surface area (Å²) < 4.78 is 5.03. The average Bonchev–Trinajstić information content (AvgIpc) is 3.55. The number of hydrazine groups is 1. The van der Waals surface area contributed by atoms with Gasteiger partial charge in [-0.15, -0.1) is 0 Å². The minimum Gasteiger partial charge on any atom is -0.452 e. The zero-order valence-electron chi connectivity index (χ0n) is 18.2. The van der Waals surface area contributed by atoms with E-state index in [1.807, 2.05) is 0 Å². The molecule has 4 amide bonds. The number of fused-ring (bicyclic) bond motifs is 5. The first kappa shape index (κ1) is 21.8. The SMILES string of the molecule is O=C(COC(=O)c1cccc(N2C(=O)[C@@H]3[C@H]4CC[C@@H](C4)[C@H]3C2=O)c1)NNC(=O)c1ccccc1. The second-order valence-electron chi connectivity index (χ2n) is 8.89. The molecule has 3 aliphatic rings. The first-order valence-corrected chi connectivity index (χ1v) is 11.2. The fourth-order valence-corrected chi connectivity index (χ4v) is 5.47. The minimum absolute atomic E-state index is 0.110. The van der Waals surface area contributed by atoms with Crippen LogP contribution in [0.25, 0.3) is 0 Å². The van der Waals surface area contributed by atoms with Crippen LogP contribution in [0, 0.1) is 23.7 Å². The van der Waals surface area contributed by atoms with Crippen LogP contribution < -0.4 is 15.8 Å². The maximum absolute atomic E-state index is 13.0. The highest BCUT2D eigenvalue weighted by Crippen LogP contribution is 2.56. The van der Waals surface area contributed by atoms with E-state index in [9.17, 15) is 24.0 Å². The van der Waals surface area contributed by atoms with Crippen molar-refractivity contribution in [3.8, 4) is 0 Å². The molecule has 0 spiro atoms. The molecule has 2 saturated carbocycles. The van der Waals surface area contributed by atoms with Gasteiger partial charge < -0.3 is 4.74 Å². The fourth-order valence-electron chi connectivity index (χ4n) is 5.47. The van der Waals surface area contributed by atoms with E-state index in [-0.39, 0.29) is 41.0 Å². The van der Waals surface area contributed by atoms with Crippen molar-refractivity contribution in [2.45, 2.75) is 19.3 Å². The number of hydrogen-bond donors (Lipinski definition) is 2. The summed E-state index contributed by atoms with van der Waals surface area (Å²) in [6, 6.07) is 14.4. The smallest absolute Gasteiger partial charge is 0.338 e. The maximum Gasteiger partial charge on any atom is 0.338 e. The van der Waals surface area contributed by atoms with Gasteiger partial charge in [0.15, 0.2) is 6.61 Å². The lowest BCUT2D eigenvalue weighted by molar-refractivity contribution is -0.125. The van der Waals surface area contributed by atoms with E-state index in [2.05, 4.69) is 10.9 Å². The van der Waals surface area contributed by atoms with Crippen LogP contribution in [0.3, 0.4) is 0 Å². The summed E-state index contributed by atoms with van der Waals surface area (Å²) in [5, 5.41) is 0. The van der Waals surface area contributed by atoms with Crippen molar-refractivity contribution in [1.29, 1.82) is 0 Å². The van der Waals surface area contributed by atoms with Gasteiger partial charge in [0, 0.05) is 5.56 Å². The summed E-state index contributed by atoms with van der Waals surface area (Å²) in [7, 11) is 0. The molecule has 2 aliphatic carbocycles. The molecule has 9 heteroatoms. The van der Waals surface area contributed by atoms with Crippen molar-refractivity contribution in [2.24, 2.45) is 23.7 Å². The van der Waals surface area contributed by atoms with Gasteiger partial charge in [0.25, 0.3) is 11.8 Å². The first-order chi connectivity index (χ1) is 16.4. The van der Waals surface area contributed by atoms with Gasteiger partial charge in [0.05, 0.1) is 23.1 Å². The highest BCUT2D eigenvalue weighted by Gasteiger charge is 2.61. The Morgan fingerprint density at radius 1 is 0.853 bits per heavy atom. The molecule has 3 fully saturated rings. The van der Waals surface area contributed by atoms with Crippen LogP contribution in [0.1, 0.15) is 40.0 Å². The molecule has 2 N–H and O–H groups in total. The zero-order chi connectivity index (χ0) is 23.8. The van der Waals surface area contributed by atoms with E-state index >= 15 is 0 Å². The van der Waals surface area contributed by atoms with Crippen LogP contribution in [-0.4, -0.2) is 36.2 Å². The monoisotopic (exact) mass is 461 g/mol. The van der Waals surface area contributed by atoms with Crippen LogP contribution in [0.2, 0.25) is 0 Å². The van der Waals surface area contributed by atoms with Crippen LogP contribution in [0.15, 0.2) is 54.6 Å². The summed E-state index contributed by atoms with van der Waals surface area (Å²) in [4.78, 5) is 63.6. The normalized spacial score (nSPS) is 24.6. The number of esters is 1. The standard InChI is InChI=1S/C25H23N3O6/c29-19(26-27-22(30)14-5-2-1-3-6-14)13-34-25(33)17-7-4-8-18(12-17)28-23(31)20-15-9-10-16(11-15)21(20)24(28)32/h1-8,12,15-16,20-21H,9-11,13H2,(H,26,29)(H,27,30)/t15-,16-,20+,21+/m0/s1. The van der Waals surface area contributed by atoms with Crippen molar-refractivity contribution in [3.63, 3.8) is 0 Å². The third-order valence-corrected chi connectivity index (χ3v) is 6.95. The number of anilines is 1. The van der Waals surface area contributed by atoms with Crippen LogP contribution in [-0.2, 0) is 19.1 Å². The molecule has 1 heterocycles. The van der Waals surface area contributed by atoms with Gasteiger partial charge in [-0.3, -0.25) is 34.9 Å². The lowest BCUT2D eigenvalue weighted by Crippen LogP contribution is -2.43. The number of nitrogens with zero attached hydrogens (tertiary/aromatic N) is 1. The van der Waals surface area contributed by atoms with Crippen LogP contribution in [0.5, 0.6) is 0 Å². The molecular weight excluding hydrogens is 438 g/mol. The van der Waals surface area contributed by atoms with E-state index in [0.29, 0.717) is 11.3 Å². The second-order valence-corrected chi connectivity index (χ2v) is 8.89. The van der Waals surface area contributed by atoms with E-state index < -0.39 is 24.4 Å². The van der Waals surface area contributed by atoms with Gasteiger partial charge in [-0.25, -0.2) is 4.79 Å². The Morgan fingerprint density at radius 2 is 1.50 bits per heavy atom. The molecule has 4 atom stereocenters.